The van der Waals surface area contributed by atoms with Crippen LogP contribution in [0.4, 0.5) is 11.5 Å². The zero-order chi connectivity index (χ0) is 17.8. The number of nitrogens with one attached hydrogen (secondary N) is 1. The Balaban J connectivity index is 1.62. The van der Waals surface area contributed by atoms with Crippen molar-refractivity contribution in [2.45, 2.75) is 6.61 Å². The molecule has 1 N–H and O–H groups in total. The van der Waals surface area contributed by atoms with Crippen LogP contribution in [0, 0.1) is 11.3 Å². The van der Waals surface area contributed by atoms with Crippen LogP contribution in [0.15, 0.2) is 71.5 Å². The molecule has 2 aromatic carbocycles. The molecule has 6 heteroatoms. The van der Waals surface area contributed by atoms with E-state index in [1.54, 1.807) is 18.5 Å². The third-order valence-electron chi connectivity index (χ3n) is 3.83. The van der Waals surface area contributed by atoms with E-state index in [2.05, 4.69) is 21.5 Å². The maximum absolute atomic E-state index is 9.01. The number of fused-ring (bicyclic) bond motifs is 1. The Hall–Kier alpha value is -3.85. The number of aromatic nitrogens is 2. The fraction of sp³-hybridized carbons (Fsp3) is 0.0500. The number of hydrogen-bond donors (Lipinski definition) is 1. The number of ether oxygens (including phenoxy) is 1. The Morgan fingerprint density at radius 1 is 1.12 bits per heavy atom. The molecule has 2 heterocycles. The minimum atomic E-state index is 0.339. The lowest BCUT2D eigenvalue weighted by atomic mass is 10.1. The van der Waals surface area contributed by atoms with E-state index in [0.717, 1.165) is 16.6 Å². The zero-order valence-electron chi connectivity index (χ0n) is 13.7. The van der Waals surface area contributed by atoms with Gasteiger partial charge in [-0.25, -0.2) is 0 Å². The van der Waals surface area contributed by atoms with Gasteiger partial charge in [0.15, 0.2) is 11.4 Å². The second-order valence-corrected chi connectivity index (χ2v) is 5.63. The number of hydrogen-bond acceptors (Lipinski definition) is 6. The molecule has 0 unspecified atom stereocenters. The first-order valence-corrected chi connectivity index (χ1v) is 8.01. The van der Waals surface area contributed by atoms with Crippen molar-refractivity contribution < 1.29 is 9.26 Å². The Labute approximate surface area is 149 Å². The molecule has 0 atom stereocenters. The highest BCUT2D eigenvalue weighted by molar-refractivity contribution is 5.95. The molecule has 26 heavy (non-hydrogen) atoms. The fourth-order valence-corrected chi connectivity index (χ4v) is 2.63. The van der Waals surface area contributed by atoms with Gasteiger partial charge < -0.3 is 14.6 Å². The van der Waals surface area contributed by atoms with Gasteiger partial charge in [-0.2, -0.15) is 5.26 Å². The van der Waals surface area contributed by atoms with Crippen molar-refractivity contribution in [3.8, 4) is 11.8 Å². The van der Waals surface area contributed by atoms with Crippen LogP contribution in [0.25, 0.3) is 11.0 Å². The van der Waals surface area contributed by atoms with Gasteiger partial charge in [-0.3, -0.25) is 4.98 Å². The molecule has 0 aliphatic carbocycles. The first-order chi connectivity index (χ1) is 12.8. The van der Waals surface area contributed by atoms with Crippen molar-refractivity contribution in [3.05, 3.63) is 78.1 Å². The largest absolute Gasteiger partial charge is 0.488 e. The Morgan fingerprint density at radius 3 is 2.88 bits per heavy atom. The molecule has 0 spiro atoms. The normalized spacial score (nSPS) is 10.4. The maximum atomic E-state index is 9.01. The molecule has 0 saturated carbocycles. The van der Waals surface area contributed by atoms with Gasteiger partial charge in [-0.1, -0.05) is 23.4 Å². The van der Waals surface area contributed by atoms with Gasteiger partial charge in [0.1, 0.15) is 17.7 Å². The summed E-state index contributed by atoms with van der Waals surface area (Å²) in [7, 11) is 0. The quantitative estimate of drug-likeness (QED) is 0.578. The molecule has 0 aliphatic rings. The van der Waals surface area contributed by atoms with Crippen molar-refractivity contribution >= 4 is 22.5 Å². The molecule has 0 radical (unpaired) electrons. The minimum Gasteiger partial charge on any atom is -0.488 e. The molecule has 0 saturated heterocycles. The van der Waals surface area contributed by atoms with E-state index in [-0.39, 0.29) is 0 Å². The summed E-state index contributed by atoms with van der Waals surface area (Å²) in [6.45, 7) is 0.339. The molecule has 0 bridgehead atoms. The Bertz CT molecular complexity index is 1080. The predicted octanol–water partition coefficient (Wildman–Crippen LogP) is 4.42. The lowest BCUT2D eigenvalue weighted by Crippen LogP contribution is -1.97. The molecular weight excluding hydrogens is 328 g/mol. The average Bonchev–Trinajstić information content (AvgIpc) is 3.11. The highest BCUT2D eigenvalue weighted by atomic mass is 16.5. The third-order valence-corrected chi connectivity index (χ3v) is 3.83. The van der Waals surface area contributed by atoms with E-state index in [9.17, 15) is 0 Å². The average molecular weight is 342 g/mol. The van der Waals surface area contributed by atoms with Crippen LogP contribution in [0.2, 0.25) is 0 Å². The van der Waals surface area contributed by atoms with Gasteiger partial charge in [-0.15, -0.1) is 0 Å². The standard InChI is InChI=1S/C20H14N4O2/c21-11-14-4-1-5-15(10-14)13-25-17-7-2-8-18-19(17)20(24-26-18)23-16-6-3-9-22-12-16/h1-10,12H,13H2,(H,23,24). The second kappa shape index (κ2) is 6.95. The van der Waals surface area contributed by atoms with E-state index in [1.807, 2.05) is 48.5 Å². The van der Waals surface area contributed by atoms with Gasteiger partial charge in [-0.05, 0) is 42.0 Å². The molecule has 4 rings (SSSR count). The van der Waals surface area contributed by atoms with Crippen LogP contribution < -0.4 is 10.1 Å². The van der Waals surface area contributed by atoms with Crippen LogP contribution in [0.3, 0.4) is 0 Å². The van der Waals surface area contributed by atoms with Crippen molar-refractivity contribution in [3.63, 3.8) is 0 Å². The second-order valence-electron chi connectivity index (χ2n) is 5.63. The fourth-order valence-electron chi connectivity index (χ4n) is 2.63. The molecule has 0 fully saturated rings. The number of nitrogens with zero attached hydrogens (tertiary/aromatic N) is 3. The number of anilines is 2. The molecular formula is C20H14N4O2. The van der Waals surface area contributed by atoms with Gasteiger partial charge in [0, 0.05) is 6.20 Å². The summed E-state index contributed by atoms with van der Waals surface area (Å²) in [5, 5.41) is 17.1. The summed E-state index contributed by atoms with van der Waals surface area (Å²) < 4.78 is 11.4. The van der Waals surface area contributed by atoms with Crippen LogP contribution in [0.5, 0.6) is 5.75 Å². The topological polar surface area (TPSA) is 84.0 Å². The number of benzene rings is 2. The van der Waals surface area contributed by atoms with E-state index < -0.39 is 0 Å². The van der Waals surface area contributed by atoms with E-state index in [1.165, 1.54) is 0 Å². The molecule has 0 aliphatic heterocycles. The predicted molar refractivity (Wildman–Crippen MR) is 97.0 cm³/mol. The molecule has 0 amide bonds. The zero-order valence-corrected chi connectivity index (χ0v) is 13.7. The molecule has 6 nitrogen and oxygen atoms in total. The summed E-state index contributed by atoms with van der Waals surface area (Å²) in [5.41, 5.74) is 2.95. The highest BCUT2D eigenvalue weighted by Crippen LogP contribution is 2.34. The van der Waals surface area contributed by atoms with Crippen molar-refractivity contribution in [2.24, 2.45) is 0 Å². The smallest absolute Gasteiger partial charge is 0.185 e. The van der Waals surface area contributed by atoms with Crippen molar-refractivity contribution in [1.82, 2.24) is 10.1 Å². The van der Waals surface area contributed by atoms with E-state index in [4.69, 9.17) is 14.5 Å². The maximum Gasteiger partial charge on any atom is 0.185 e. The molecule has 2 aromatic heterocycles. The van der Waals surface area contributed by atoms with Gasteiger partial charge in [0.25, 0.3) is 0 Å². The summed E-state index contributed by atoms with van der Waals surface area (Å²) in [6, 6.07) is 18.7. The summed E-state index contributed by atoms with van der Waals surface area (Å²) in [4.78, 5) is 4.08. The summed E-state index contributed by atoms with van der Waals surface area (Å²) >= 11 is 0. The minimum absolute atomic E-state index is 0.339. The van der Waals surface area contributed by atoms with Crippen LogP contribution in [0.1, 0.15) is 11.1 Å². The number of pyridine rings is 1. The first-order valence-electron chi connectivity index (χ1n) is 8.01. The first kappa shape index (κ1) is 15.7. The van der Waals surface area contributed by atoms with Gasteiger partial charge in [0.05, 0.1) is 23.5 Å². The monoisotopic (exact) mass is 342 g/mol. The lowest BCUT2D eigenvalue weighted by Gasteiger charge is -2.09. The molecule has 126 valence electrons. The van der Waals surface area contributed by atoms with Gasteiger partial charge >= 0.3 is 0 Å². The summed E-state index contributed by atoms with van der Waals surface area (Å²) in [6.07, 6.45) is 3.41. The van der Waals surface area contributed by atoms with Crippen molar-refractivity contribution in [1.29, 1.82) is 5.26 Å². The number of nitriles is 1. The lowest BCUT2D eigenvalue weighted by molar-refractivity contribution is 0.310. The van der Waals surface area contributed by atoms with Crippen LogP contribution in [-0.2, 0) is 6.61 Å². The Kier molecular flexibility index (Phi) is 4.19. The van der Waals surface area contributed by atoms with Crippen LogP contribution >= 0.6 is 0 Å². The van der Waals surface area contributed by atoms with Crippen molar-refractivity contribution in [2.75, 3.05) is 5.32 Å². The van der Waals surface area contributed by atoms with Gasteiger partial charge in [0.2, 0.25) is 0 Å². The van der Waals surface area contributed by atoms with E-state index >= 15 is 0 Å². The molecule has 4 aromatic rings. The van der Waals surface area contributed by atoms with Crippen LogP contribution in [-0.4, -0.2) is 10.1 Å². The highest BCUT2D eigenvalue weighted by Gasteiger charge is 2.14. The number of rotatable bonds is 5. The Morgan fingerprint density at radius 2 is 2.04 bits per heavy atom. The third kappa shape index (κ3) is 3.19. The summed E-state index contributed by atoms with van der Waals surface area (Å²) in [5.74, 6) is 1.21. The SMILES string of the molecule is N#Cc1cccc(COc2cccc3onc(Nc4cccnc4)c23)c1. The van der Waals surface area contributed by atoms with E-state index in [0.29, 0.717) is 29.3 Å².